The van der Waals surface area contributed by atoms with Crippen LogP contribution in [0.25, 0.3) is 10.9 Å². The predicted octanol–water partition coefficient (Wildman–Crippen LogP) is 7.84. The normalized spacial score (nSPS) is 12.9. The van der Waals surface area contributed by atoms with Crippen LogP contribution < -0.4 is 5.32 Å². The van der Waals surface area contributed by atoms with Crippen molar-refractivity contribution in [3.05, 3.63) is 104 Å². The van der Waals surface area contributed by atoms with E-state index in [1.807, 2.05) is 36.5 Å². The number of carboxylic acid groups (broad SMARTS) is 1. The maximum absolute atomic E-state index is 15.0. The molecule has 1 heterocycles. The number of rotatable bonds is 10. The minimum Gasteiger partial charge on any atom is -0.481 e. The molecular weight excluding hydrogens is 526 g/mol. The number of hydrogen-bond acceptors (Lipinski definition) is 2. The molecule has 0 saturated heterocycles. The van der Waals surface area contributed by atoms with Crippen LogP contribution in [0.15, 0.2) is 60.8 Å². The van der Waals surface area contributed by atoms with Gasteiger partial charge in [-0.15, -0.1) is 0 Å². The SMILES string of the molecule is CCCC(c1ccc(C(=O)NCCC(=O)O)cc1)C(c1ccc(Cl)c(Cl)c1)c1c[nH]c2c(F)c(C)ccc12. The first-order valence-electron chi connectivity index (χ1n) is 12.5. The van der Waals surface area contributed by atoms with E-state index in [0.717, 1.165) is 34.9 Å². The molecule has 0 aliphatic rings. The lowest BCUT2D eigenvalue weighted by Gasteiger charge is -2.29. The Kier molecular flexibility index (Phi) is 8.75. The summed E-state index contributed by atoms with van der Waals surface area (Å²) in [7, 11) is 0. The van der Waals surface area contributed by atoms with Gasteiger partial charge in [0, 0.05) is 29.6 Å². The molecule has 4 aromatic rings. The number of carbonyl (C=O) groups is 2. The molecule has 198 valence electrons. The van der Waals surface area contributed by atoms with Crippen molar-refractivity contribution in [2.24, 2.45) is 0 Å². The number of halogens is 3. The summed E-state index contributed by atoms with van der Waals surface area (Å²) in [5.41, 5.74) is 4.41. The topological polar surface area (TPSA) is 82.2 Å². The number of aromatic nitrogens is 1. The van der Waals surface area contributed by atoms with E-state index in [9.17, 15) is 14.0 Å². The van der Waals surface area contributed by atoms with Crippen LogP contribution in [0.5, 0.6) is 0 Å². The molecule has 0 spiro atoms. The van der Waals surface area contributed by atoms with Gasteiger partial charge in [0.15, 0.2) is 0 Å². The number of carbonyl (C=O) groups excluding carboxylic acids is 1. The Morgan fingerprint density at radius 3 is 2.39 bits per heavy atom. The molecule has 3 aromatic carbocycles. The molecule has 0 saturated carbocycles. The molecule has 8 heteroatoms. The van der Waals surface area contributed by atoms with Gasteiger partial charge in [-0.25, -0.2) is 4.39 Å². The Morgan fingerprint density at radius 2 is 1.74 bits per heavy atom. The van der Waals surface area contributed by atoms with Crippen molar-refractivity contribution in [2.45, 2.75) is 44.9 Å². The first kappa shape index (κ1) is 27.7. The number of carboxylic acids is 1. The minimum absolute atomic E-state index is 0.00951. The number of aryl methyl sites for hydroxylation is 1. The van der Waals surface area contributed by atoms with Crippen LogP contribution in [-0.2, 0) is 4.79 Å². The van der Waals surface area contributed by atoms with Crippen molar-refractivity contribution in [1.29, 1.82) is 0 Å². The quantitative estimate of drug-likeness (QED) is 0.186. The summed E-state index contributed by atoms with van der Waals surface area (Å²) in [6.07, 6.45) is 3.46. The van der Waals surface area contributed by atoms with E-state index in [2.05, 4.69) is 17.2 Å². The van der Waals surface area contributed by atoms with Crippen LogP contribution in [-0.4, -0.2) is 28.5 Å². The number of benzene rings is 3. The van der Waals surface area contributed by atoms with Crippen LogP contribution in [0.3, 0.4) is 0 Å². The Hall–Kier alpha value is -3.35. The van der Waals surface area contributed by atoms with E-state index < -0.39 is 5.97 Å². The number of aromatic amines is 1. The minimum atomic E-state index is -0.969. The first-order valence-corrected chi connectivity index (χ1v) is 13.3. The monoisotopic (exact) mass is 554 g/mol. The Bertz CT molecular complexity index is 1470. The molecule has 0 radical (unpaired) electrons. The molecule has 0 bridgehead atoms. The predicted molar refractivity (Wildman–Crippen MR) is 150 cm³/mol. The maximum atomic E-state index is 15.0. The molecule has 2 unspecified atom stereocenters. The summed E-state index contributed by atoms with van der Waals surface area (Å²) >= 11 is 12.7. The van der Waals surface area contributed by atoms with Crippen LogP contribution in [0.1, 0.15) is 70.6 Å². The zero-order valence-corrected chi connectivity index (χ0v) is 22.7. The van der Waals surface area contributed by atoms with Gasteiger partial charge >= 0.3 is 5.97 Å². The van der Waals surface area contributed by atoms with E-state index in [4.69, 9.17) is 28.3 Å². The lowest BCUT2D eigenvalue weighted by atomic mass is 9.75. The van der Waals surface area contributed by atoms with Gasteiger partial charge in [0.2, 0.25) is 0 Å². The average Bonchev–Trinajstić information content (AvgIpc) is 3.32. The van der Waals surface area contributed by atoms with Crippen molar-refractivity contribution in [3.8, 4) is 0 Å². The molecule has 0 fully saturated rings. The molecule has 38 heavy (non-hydrogen) atoms. The molecule has 0 aliphatic carbocycles. The molecule has 4 rings (SSSR count). The summed E-state index contributed by atoms with van der Waals surface area (Å²) in [6, 6.07) is 16.7. The Balaban J connectivity index is 1.78. The highest BCUT2D eigenvalue weighted by Crippen LogP contribution is 2.45. The lowest BCUT2D eigenvalue weighted by molar-refractivity contribution is -0.136. The van der Waals surface area contributed by atoms with Gasteiger partial charge in [-0.1, -0.05) is 66.9 Å². The molecule has 3 N–H and O–H groups in total. The second-order valence-corrected chi connectivity index (χ2v) is 10.2. The third-order valence-corrected chi connectivity index (χ3v) is 7.62. The summed E-state index contributed by atoms with van der Waals surface area (Å²) < 4.78 is 15.0. The Labute approximate surface area is 231 Å². The van der Waals surface area contributed by atoms with Gasteiger partial charge in [-0.3, -0.25) is 9.59 Å². The van der Waals surface area contributed by atoms with E-state index in [1.165, 1.54) is 0 Å². The summed E-state index contributed by atoms with van der Waals surface area (Å²) in [5, 5.41) is 13.1. The number of fused-ring (bicyclic) bond motifs is 1. The third kappa shape index (κ3) is 5.87. The summed E-state index contributed by atoms with van der Waals surface area (Å²) in [5.74, 6) is -1.75. The van der Waals surface area contributed by atoms with Gasteiger partial charge in [-0.2, -0.15) is 0 Å². The molecule has 0 aliphatic heterocycles. The number of hydrogen-bond donors (Lipinski definition) is 3. The van der Waals surface area contributed by atoms with Gasteiger partial charge < -0.3 is 15.4 Å². The van der Waals surface area contributed by atoms with E-state index in [-0.39, 0.29) is 36.5 Å². The van der Waals surface area contributed by atoms with Crippen molar-refractivity contribution < 1.29 is 19.1 Å². The molecular formula is C30H29Cl2FN2O3. The van der Waals surface area contributed by atoms with Crippen LogP contribution in [0.2, 0.25) is 10.0 Å². The zero-order valence-electron chi connectivity index (χ0n) is 21.2. The van der Waals surface area contributed by atoms with Crippen molar-refractivity contribution in [3.63, 3.8) is 0 Å². The highest BCUT2D eigenvalue weighted by molar-refractivity contribution is 6.42. The van der Waals surface area contributed by atoms with E-state index >= 15 is 0 Å². The van der Waals surface area contributed by atoms with Crippen molar-refractivity contribution in [1.82, 2.24) is 10.3 Å². The fraction of sp³-hybridized carbons (Fsp3) is 0.267. The van der Waals surface area contributed by atoms with Gasteiger partial charge in [0.05, 0.1) is 22.0 Å². The number of H-pyrrole nitrogens is 1. The lowest BCUT2D eigenvalue weighted by Crippen LogP contribution is -2.26. The fourth-order valence-corrected chi connectivity index (χ4v) is 5.29. The number of nitrogens with one attached hydrogen (secondary N) is 2. The van der Waals surface area contributed by atoms with Crippen molar-refractivity contribution >= 4 is 46.0 Å². The van der Waals surface area contributed by atoms with E-state index in [1.54, 1.807) is 31.2 Å². The standard InChI is InChI=1S/C30H29Cl2FN2O3/c1-3-4-21(18-6-8-19(9-7-18)30(38)34-14-13-26(36)37)27(20-10-12-24(31)25(32)15-20)23-16-35-29-22(23)11-5-17(2)28(29)33/h5-12,15-16,21,27,35H,3-4,13-14H2,1-2H3,(H,34,38)(H,36,37). The highest BCUT2D eigenvalue weighted by Gasteiger charge is 2.29. The third-order valence-electron chi connectivity index (χ3n) is 6.88. The average molecular weight is 555 g/mol. The summed E-state index contributed by atoms with van der Waals surface area (Å²) in [6.45, 7) is 3.91. The number of aliphatic carboxylic acids is 1. The van der Waals surface area contributed by atoms with Gasteiger partial charge in [0.1, 0.15) is 5.82 Å². The number of amides is 1. The molecule has 1 amide bonds. The van der Waals surface area contributed by atoms with Crippen LogP contribution >= 0.6 is 23.2 Å². The Morgan fingerprint density at radius 1 is 1.03 bits per heavy atom. The second-order valence-electron chi connectivity index (χ2n) is 9.43. The largest absolute Gasteiger partial charge is 0.481 e. The van der Waals surface area contributed by atoms with Crippen LogP contribution in [0.4, 0.5) is 4.39 Å². The molecule has 5 nitrogen and oxygen atoms in total. The van der Waals surface area contributed by atoms with Crippen LogP contribution in [0, 0.1) is 12.7 Å². The summed E-state index contributed by atoms with van der Waals surface area (Å²) in [4.78, 5) is 26.4. The van der Waals surface area contributed by atoms with Crippen molar-refractivity contribution in [2.75, 3.05) is 6.54 Å². The maximum Gasteiger partial charge on any atom is 0.305 e. The van der Waals surface area contributed by atoms with Gasteiger partial charge in [0.25, 0.3) is 5.91 Å². The fourth-order valence-electron chi connectivity index (χ4n) is 4.98. The zero-order chi connectivity index (χ0) is 27.4. The van der Waals surface area contributed by atoms with Gasteiger partial charge in [-0.05, 0) is 65.8 Å². The molecule has 1 aromatic heterocycles. The smallest absolute Gasteiger partial charge is 0.305 e. The van der Waals surface area contributed by atoms with E-state index in [0.29, 0.717) is 26.7 Å². The molecule has 2 atom stereocenters. The first-order chi connectivity index (χ1) is 18.2. The second kappa shape index (κ2) is 12.0. The highest BCUT2D eigenvalue weighted by atomic mass is 35.5.